The van der Waals surface area contributed by atoms with Crippen LogP contribution >= 0.6 is 15.9 Å². The lowest BCUT2D eigenvalue weighted by atomic mass is 10.3. The fourth-order valence-corrected chi connectivity index (χ4v) is 3.07. The van der Waals surface area contributed by atoms with Crippen LogP contribution in [0.4, 0.5) is 11.5 Å². The number of anilines is 2. The third-order valence-corrected chi connectivity index (χ3v) is 4.24. The van der Waals surface area contributed by atoms with E-state index in [1.165, 1.54) is 18.3 Å². The summed E-state index contributed by atoms with van der Waals surface area (Å²) >= 11 is 3.21. The molecule has 0 amide bonds. The zero-order valence-electron chi connectivity index (χ0n) is 9.96. The standard InChI is InChI=1S/C11H11BrN4O2S/c1-7-8(4-5-10(12)15-7)16-19(17,18)9-3-2-6-14-11(9)13/h2-6,16H,1H3,(H2,13,14). The third kappa shape index (κ3) is 3.02. The van der Waals surface area contributed by atoms with Crippen LogP contribution in [-0.4, -0.2) is 18.4 Å². The Morgan fingerprint density at radius 3 is 2.68 bits per heavy atom. The van der Waals surface area contributed by atoms with Crippen molar-refractivity contribution in [3.8, 4) is 0 Å². The molecule has 2 rings (SSSR count). The molecule has 0 unspecified atom stereocenters. The predicted octanol–water partition coefficient (Wildman–Crippen LogP) is 1.93. The van der Waals surface area contributed by atoms with Crippen LogP contribution in [0.25, 0.3) is 0 Å². The van der Waals surface area contributed by atoms with E-state index in [-0.39, 0.29) is 10.7 Å². The minimum atomic E-state index is -3.77. The molecule has 2 aromatic heterocycles. The van der Waals surface area contributed by atoms with Crippen molar-refractivity contribution in [2.75, 3.05) is 10.5 Å². The number of sulfonamides is 1. The summed E-state index contributed by atoms with van der Waals surface area (Å²) in [7, 11) is -3.77. The maximum absolute atomic E-state index is 12.2. The average molecular weight is 343 g/mol. The summed E-state index contributed by atoms with van der Waals surface area (Å²) in [6.07, 6.45) is 1.43. The van der Waals surface area contributed by atoms with Crippen LogP contribution in [0.3, 0.4) is 0 Å². The summed E-state index contributed by atoms with van der Waals surface area (Å²) < 4.78 is 27.5. The second-order valence-electron chi connectivity index (χ2n) is 3.76. The van der Waals surface area contributed by atoms with Gasteiger partial charge in [-0.1, -0.05) is 0 Å². The van der Waals surface area contributed by atoms with Crippen LogP contribution in [0.1, 0.15) is 5.69 Å². The lowest BCUT2D eigenvalue weighted by Gasteiger charge is -2.11. The number of nitrogens with zero attached hydrogens (tertiary/aromatic N) is 2. The molecule has 2 heterocycles. The van der Waals surface area contributed by atoms with Crippen molar-refractivity contribution in [3.63, 3.8) is 0 Å². The molecule has 0 spiro atoms. The predicted molar refractivity (Wildman–Crippen MR) is 76.1 cm³/mol. The summed E-state index contributed by atoms with van der Waals surface area (Å²) in [5.41, 5.74) is 6.52. The van der Waals surface area contributed by atoms with Crippen molar-refractivity contribution < 1.29 is 8.42 Å². The molecule has 0 saturated heterocycles. The largest absolute Gasteiger partial charge is 0.383 e. The second-order valence-corrected chi connectivity index (χ2v) is 6.22. The highest BCUT2D eigenvalue weighted by Gasteiger charge is 2.19. The minimum Gasteiger partial charge on any atom is -0.383 e. The Kier molecular flexibility index (Phi) is 3.72. The van der Waals surface area contributed by atoms with Crippen LogP contribution in [0.5, 0.6) is 0 Å². The number of rotatable bonds is 3. The normalized spacial score (nSPS) is 11.3. The van der Waals surface area contributed by atoms with Crippen molar-refractivity contribution in [2.45, 2.75) is 11.8 Å². The summed E-state index contributed by atoms with van der Waals surface area (Å²) in [5.74, 6) is -0.0438. The summed E-state index contributed by atoms with van der Waals surface area (Å²) in [6, 6.07) is 6.18. The van der Waals surface area contributed by atoms with E-state index in [1.54, 1.807) is 19.1 Å². The van der Waals surface area contributed by atoms with Gasteiger partial charge in [0.15, 0.2) is 0 Å². The van der Waals surface area contributed by atoms with Gasteiger partial charge in [0.2, 0.25) is 0 Å². The molecule has 0 radical (unpaired) electrons. The van der Waals surface area contributed by atoms with Crippen LogP contribution in [0, 0.1) is 6.92 Å². The van der Waals surface area contributed by atoms with Gasteiger partial charge in [0, 0.05) is 6.20 Å². The van der Waals surface area contributed by atoms with E-state index in [4.69, 9.17) is 5.73 Å². The maximum atomic E-state index is 12.2. The molecule has 0 fully saturated rings. The van der Waals surface area contributed by atoms with Crippen molar-refractivity contribution in [1.82, 2.24) is 9.97 Å². The third-order valence-electron chi connectivity index (χ3n) is 2.39. The number of aromatic nitrogens is 2. The van der Waals surface area contributed by atoms with Gasteiger partial charge in [-0.2, -0.15) is 0 Å². The average Bonchev–Trinajstić information content (AvgIpc) is 2.33. The van der Waals surface area contributed by atoms with Crippen LogP contribution in [-0.2, 0) is 10.0 Å². The highest BCUT2D eigenvalue weighted by molar-refractivity contribution is 9.10. The van der Waals surface area contributed by atoms with E-state index in [9.17, 15) is 8.42 Å². The number of hydrogen-bond donors (Lipinski definition) is 2. The maximum Gasteiger partial charge on any atom is 0.265 e. The smallest absolute Gasteiger partial charge is 0.265 e. The molecule has 3 N–H and O–H groups in total. The molecule has 2 aromatic rings. The van der Waals surface area contributed by atoms with Gasteiger partial charge in [-0.25, -0.2) is 18.4 Å². The number of nitrogen functional groups attached to an aromatic ring is 1. The first kappa shape index (κ1) is 13.8. The highest BCUT2D eigenvalue weighted by Crippen LogP contribution is 2.22. The molecular formula is C11H11BrN4O2S. The Morgan fingerprint density at radius 1 is 1.32 bits per heavy atom. The quantitative estimate of drug-likeness (QED) is 0.830. The van der Waals surface area contributed by atoms with E-state index >= 15 is 0 Å². The number of nitrogens with two attached hydrogens (primary N) is 1. The molecule has 0 aromatic carbocycles. The van der Waals surface area contributed by atoms with E-state index in [0.29, 0.717) is 16.0 Å². The summed E-state index contributed by atoms with van der Waals surface area (Å²) in [4.78, 5) is 7.82. The molecule has 100 valence electrons. The first-order chi connectivity index (χ1) is 8.90. The summed E-state index contributed by atoms with van der Waals surface area (Å²) in [6.45, 7) is 1.70. The summed E-state index contributed by atoms with van der Waals surface area (Å²) in [5, 5.41) is 0. The molecule has 0 atom stereocenters. The number of aryl methyl sites for hydroxylation is 1. The van der Waals surface area contributed by atoms with Gasteiger partial charge in [-0.3, -0.25) is 4.72 Å². The molecule has 0 aliphatic rings. The lowest BCUT2D eigenvalue weighted by Crippen LogP contribution is -2.16. The van der Waals surface area contributed by atoms with Crippen molar-refractivity contribution in [3.05, 3.63) is 40.8 Å². The van der Waals surface area contributed by atoms with Crippen molar-refractivity contribution >= 4 is 37.5 Å². The molecule has 0 aliphatic carbocycles. The fraction of sp³-hybridized carbons (Fsp3) is 0.0909. The number of halogens is 1. The Morgan fingerprint density at radius 2 is 2.05 bits per heavy atom. The van der Waals surface area contributed by atoms with Gasteiger partial charge in [0.25, 0.3) is 10.0 Å². The Balaban J connectivity index is 2.40. The van der Waals surface area contributed by atoms with E-state index in [2.05, 4.69) is 30.6 Å². The van der Waals surface area contributed by atoms with Crippen molar-refractivity contribution in [2.24, 2.45) is 0 Å². The molecule has 8 heteroatoms. The monoisotopic (exact) mass is 342 g/mol. The van der Waals surface area contributed by atoms with Crippen LogP contribution in [0.2, 0.25) is 0 Å². The Hall–Kier alpha value is -1.67. The van der Waals surface area contributed by atoms with Gasteiger partial charge in [-0.05, 0) is 47.1 Å². The van der Waals surface area contributed by atoms with Gasteiger partial charge in [-0.15, -0.1) is 0 Å². The topological polar surface area (TPSA) is 98.0 Å². The molecule has 0 saturated carbocycles. The second kappa shape index (κ2) is 5.14. The van der Waals surface area contributed by atoms with Gasteiger partial charge < -0.3 is 5.73 Å². The van der Waals surface area contributed by atoms with E-state index in [1.807, 2.05) is 0 Å². The zero-order chi connectivity index (χ0) is 14.0. The van der Waals surface area contributed by atoms with E-state index in [0.717, 1.165) is 0 Å². The number of pyridine rings is 2. The first-order valence-corrected chi connectivity index (χ1v) is 7.54. The van der Waals surface area contributed by atoms with Gasteiger partial charge in [0.05, 0.1) is 11.4 Å². The lowest BCUT2D eigenvalue weighted by molar-refractivity contribution is 0.601. The number of nitrogens with one attached hydrogen (secondary N) is 1. The Labute approximate surface area is 119 Å². The van der Waals surface area contributed by atoms with Crippen LogP contribution < -0.4 is 10.5 Å². The minimum absolute atomic E-state index is 0.0438. The van der Waals surface area contributed by atoms with Gasteiger partial charge in [0.1, 0.15) is 15.3 Å². The molecule has 19 heavy (non-hydrogen) atoms. The van der Waals surface area contributed by atoms with Gasteiger partial charge >= 0.3 is 0 Å². The van der Waals surface area contributed by atoms with Crippen LogP contribution in [0.15, 0.2) is 40.0 Å². The fourth-order valence-electron chi connectivity index (χ4n) is 1.47. The van der Waals surface area contributed by atoms with E-state index < -0.39 is 10.0 Å². The van der Waals surface area contributed by atoms with Crippen molar-refractivity contribution in [1.29, 1.82) is 0 Å². The highest BCUT2D eigenvalue weighted by atomic mass is 79.9. The first-order valence-electron chi connectivity index (χ1n) is 5.26. The molecule has 0 aliphatic heterocycles. The molecule has 6 nitrogen and oxygen atoms in total. The Bertz CT molecular complexity index is 718. The number of hydrogen-bond acceptors (Lipinski definition) is 5. The molecule has 0 bridgehead atoms. The zero-order valence-corrected chi connectivity index (χ0v) is 12.4. The SMILES string of the molecule is Cc1nc(Br)ccc1NS(=O)(=O)c1cccnc1N. The molecular weight excluding hydrogens is 332 g/mol.